The van der Waals surface area contributed by atoms with Gasteiger partial charge in [0.1, 0.15) is 5.82 Å². The number of thiazole rings is 1. The number of halogens is 2. The Bertz CT molecular complexity index is 576. The van der Waals surface area contributed by atoms with Crippen molar-refractivity contribution in [2.24, 2.45) is 5.73 Å². The van der Waals surface area contributed by atoms with Crippen LogP contribution in [0.25, 0.3) is 0 Å². The number of benzene rings is 1. The number of aliphatic hydroxyl groups excluding tert-OH is 1. The average molecular weight is 301 g/mol. The first-order chi connectivity index (χ1) is 9.02. The zero-order valence-corrected chi connectivity index (χ0v) is 11.9. The summed E-state index contributed by atoms with van der Waals surface area (Å²) < 4.78 is 13.1. The number of hydrogen-bond donors (Lipinski definition) is 2. The minimum atomic E-state index is -0.792. The summed E-state index contributed by atoms with van der Waals surface area (Å²) in [5, 5.41) is 11.5. The smallest absolute Gasteiger partial charge is 0.124 e. The number of nitrogens with zero attached hydrogens (tertiary/aromatic N) is 1. The van der Waals surface area contributed by atoms with Crippen LogP contribution in [0.15, 0.2) is 24.4 Å². The molecule has 1 heterocycles. The predicted octanol–water partition coefficient (Wildman–Crippen LogP) is 3.02. The summed E-state index contributed by atoms with van der Waals surface area (Å²) in [6, 6.07) is 4.10. The predicted molar refractivity (Wildman–Crippen MR) is 75.0 cm³/mol. The fraction of sp³-hybridized carbons (Fsp3) is 0.308. The maximum atomic E-state index is 13.1. The lowest BCUT2D eigenvalue weighted by Gasteiger charge is -2.21. The van der Waals surface area contributed by atoms with Crippen molar-refractivity contribution in [1.29, 1.82) is 0 Å². The number of hydrogen-bond acceptors (Lipinski definition) is 4. The van der Waals surface area contributed by atoms with Crippen molar-refractivity contribution in [3.8, 4) is 0 Å². The molecule has 0 aliphatic carbocycles. The normalized spacial score (nSPS) is 14.4. The van der Waals surface area contributed by atoms with Gasteiger partial charge in [0.15, 0.2) is 0 Å². The highest BCUT2D eigenvalue weighted by Crippen LogP contribution is 2.36. The largest absolute Gasteiger partial charge is 0.387 e. The van der Waals surface area contributed by atoms with Gasteiger partial charge in [0.25, 0.3) is 0 Å². The van der Waals surface area contributed by atoms with Crippen molar-refractivity contribution < 1.29 is 9.50 Å². The standard InChI is InChI=1S/C13H14ClFN2OS/c1-7-17-6-12(19-7)13(18)10(5-16)9-3-2-8(15)4-11(9)14/h2-4,6,10,13,18H,5,16H2,1H3. The van der Waals surface area contributed by atoms with Crippen LogP contribution in [0.2, 0.25) is 5.02 Å². The molecule has 0 aliphatic rings. The van der Waals surface area contributed by atoms with Crippen LogP contribution in [0.1, 0.15) is 27.5 Å². The molecular formula is C13H14ClFN2OS. The van der Waals surface area contributed by atoms with E-state index >= 15 is 0 Å². The molecule has 0 aliphatic heterocycles. The lowest BCUT2D eigenvalue weighted by molar-refractivity contribution is 0.151. The van der Waals surface area contributed by atoms with Crippen molar-refractivity contribution in [1.82, 2.24) is 4.98 Å². The van der Waals surface area contributed by atoms with Crippen molar-refractivity contribution in [2.45, 2.75) is 18.9 Å². The lowest BCUT2D eigenvalue weighted by Crippen LogP contribution is -2.20. The highest BCUT2D eigenvalue weighted by atomic mass is 35.5. The van der Waals surface area contributed by atoms with Gasteiger partial charge in [-0.05, 0) is 24.6 Å². The van der Waals surface area contributed by atoms with Crippen LogP contribution >= 0.6 is 22.9 Å². The van der Waals surface area contributed by atoms with Crippen molar-refractivity contribution in [3.63, 3.8) is 0 Å². The van der Waals surface area contributed by atoms with E-state index in [-0.39, 0.29) is 17.5 Å². The number of aryl methyl sites for hydroxylation is 1. The molecule has 3 N–H and O–H groups in total. The summed E-state index contributed by atoms with van der Waals surface area (Å²) >= 11 is 7.43. The molecule has 0 amide bonds. The third kappa shape index (κ3) is 3.12. The fourth-order valence-corrected chi connectivity index (χ4v) is 3.09. The molecule has 0 radical (unpaired) electrons. The van der Waals surface area contributed by atoms with E-state index in [1.54, 1.807) is 12.3 Å². The SMILES string of the molecule is Cc1ncc(C(O)C(CN)c2ccc(F)cc2Cl)s1. The molecule has 1 aromatic heterocycles. The number of aromatic nitrogens is 1. The number of nitrogens with two attached hydrogens (primary N) is 1. The van der Waals surface area contributed by atoms with E-state index in [1.807, 2.05) is 6.92 Å². The third-order valence-corrected chi connectivity index (χ3v) is 4.24. The van der Waals surface area contributed by atoms with E-state index in [0.717, 1.165) is 9.88 Å². The summed E-state index contributed by atoms with van der Waals surface area (Å²) in [4.78, 5) is 4.84. The molecule has 0 bridgehead atoms. The number of rotatable bonds is 4. The molecule has 1 aromatic carbocycles. The van der Waals surface area contributed by atoms with E-state index in [1.165, 1.54) is 23.5 Å². The van der Waals surface area contributed by atoms with Gasteiger partial charge in [-0.15, -0.1) is 11.3 Å². The van der Waals surface area contributed by atoms with Crippen LogP contribution < -0.4 is 5.73 Å². The Morgan fingerprint density at radius 3 is 2.79 bits per heavy atom. The molecule has 0 spiro atoms. The minimum Gasteiger partial charge on any atom is -0.387 e. The minimum absolute atomic E-state index is 0.212. The van der Waals surface area contributed by atoms with Crippen molar-refractivity contribution in [2.75, 3.05) is 6.54 Å². The second-order valence-corrected chi connectivity index (χ2v) is 5.91. The Labute approximate surface area is 119 Å². The Morgan fingerprint density at radius 1 is 1.53 bits per heavy atom. The fourth-order valence-electron chi connectivity index (χ4n) is 1.94. The maximum Gasteiger partial charge on any atom is 0.124 e. The molecule has 6 heteroatoms. The zero-order valence-electron chi connectivity index (χ0n) is 10.3. The van der Waals surface area contributed by atoms with E-state index in [9.17, 15) is 9.50 Å². The molecule has 3 nitrogen and oxygen atoms in total. The molecule has 19 heavy (non-hydrogen) atoms. The molecule has 0 saturated heterocycles. The van der Waals surface area contributed by atoms with Gasteiger partial charge in [-0.25, -0.2) is 9.37 Å². The van der Waals surface area contributed by atoms with Crippen LogP contribution in [-0.2, 0) is 0 Å². The first-order valence-electron chi connectivity index (χ1n) is 5.78. The van der Waals surface area contributed by atoms with Gasteiger partial charge in [-0.1, -0.05) is 17.7 Å². The molecular weight excluding hydrogens is 287 g/mol. The summed E-state index contributed by atoms with van der Waals surface area (Å²) in [6.07, 6.45) is 0.837. The van der Waals surface area contributed by atoms with Crippen LogP contribution in [-0.4, -0.2) is 16.6 Å². The van der Waals surface area contributed by atoms with Gasteiger partial charge in [-0.2, -0.15) is 0 Å². The van der Waals surface area contributed by atoms with Gasteiger partial charge in [0.05, 0.1) is 16.0 Å². The first-order valence-corrected chi connectivity index (χ1v) is 6.97. The van der Waals surface area contributed by atoms with Crippen molar-refractivity contribution >= 4 is 22.9 Å². The monoisotopic (exact) mass is 300 g/mol. The average Bonchev–Trinajstić information content (AvgIpc) is 2.79. The van der Waals surface area contributed by atoms with Gasteiger partial charge in [-0.3, -0.25) is 0 Å². The van der Waals surface area contributed by atoms with Crippen LogP contribution in [0.3, 0.4) is 0 Å². The quantitative estimate of drug-likeness (QED) is 0.912. The first kappa shape index (κ1) is 14.4. The molecule has 2 rings (SSSR count). The Hall–Kier alpha value is -1.01. The molecule has 2 unspecified atom stereocenters. The maximum absolute atomic E-state index is 13.1. The van der Waals surface area contributed by atoms with Crippen molar-refractivity contribution in [3.05, 3.63) is 50.7 Å². The van der Waals surface area contributed by atoms with Gasteiger partial charge in [0.2, 0.25) is 0 Å². The topological polar surface area (TPSA) is 59.1 Å². The third-order valence-electron chi connectivity index (χ3n) is 2.93. The van der Waals surface area contributed by atoms with Crippen LogP contribution in [0, 0.1) is 12.7 Å². The zero-order chi connectivity index (χ0) is 14.0. The van der Waals surface area contributed by atoms with Gasteiger partial charge in [0, 0.05) is 23.7 Å². The number of aliphatic hydroxyl groups is 1. The second kappa shape index (κ2) is 5.96. The summed E-state index contributed by atoms with van der Waals surface area (Å²) in [7, 11) is 0. The Kier molecular flexibility index (Phi) is 4.52. The molecule has 2 atom stereocenters. The molecule has 0 fully saturated rings. The van der Waals surface area contributed by atoms with Gasteiger partial charge < -0.3 is 10.8 Å². The molecule has 102 valence electrons. The van der Waals surface area contributed by atoms with Crippen LogP contribution in [0.5, 0.6) is 0 Å². The Morgan fingerprint density at radius 2 is 2.26 bits per heavy atom. The van der Waals surface area contributed by atoms with E-state index in [4.69, 9.17) is 17.3 Å². The Balaban J connectivity index is 2.33. The van der Waals surface area contributed by atoms with Crippen LogP contribution in [0.4, 0.5) is 4.39 Å². The van der Waals surface area contributed by atoms with E-state index in [0.29, 0.717) is 5.56 Å². The highest BCUT2D eigenvalue weighted by Gasteiger charge is 2.25. The highest BCUT2D eigenvalue weighted by molar-refractivity contribution is 7.11. The summed E-state index contributed by atoms with van der Waals surface area (Å²) in [6.45, 7) is 2.08. The van der Waals surface area contributed by atoms with Gasteiger partial charge >= 0.3 is 0 Å². The molecule has 0 saturated carbocycles. The van der Waals surface area contributed by atoms with E-state index in [2.05, 4.69) is 4.98 Å². The summed E-state index contributed by atoms with van der Waals surface area (Å²) in [5.41, 5.74) is 6.37. The lowest BCUT2D eigenvalue weighted by atomic mass is 9.92. The molecule has 2 aromatic rings. The van der Waals surface area contributed by atoms with E-state index < -0.39 is 11.9 Å². The second-order valence-electron chi connectivity index (χ2n) is 4.23. The summed E-state index contributed by atoms with van der Waals surface area (Å²) in [5.74, 6) is -0.791.